The van der Waals surface area contributed by atoms with Crippen LogP contribution in [0.2, 0.25) is 0 Å². The number of esters is 1. The van der Waals surface area contributed by atoms with Crippen molar-refractivity contribution in [2.75, 3.05) is 26.2 Å². The van der Waals surface area contributed by atoms with E-state index in [4.69, 9.17) is 4.74 Å². The summed E-state index contributed by atoms with van der Waals surface area (Å²) in [5.41, 5.74) is 0. The molecule has 0 aromatic heterocycles. The number of ether oxygens (including phenoxy) is 1. The molecule has 0 bridgehead atoms. The summed E-state index contributed by atoms with van der Waals surface area (Å²) in [4.78, 5) is 14.5. The van der Waals surface area contributed by atoms with E-state index in [-0.39, 0.29) is 5.97 Å². The minimum Gasteiger partial charge on any atom is -0.466 e. The van der Waals surface area contributed by atoms with E-state index in [0.29, 0.717) is 19.1 Å². The van der Waals surface area contributed by atoms with Crippen LogP contribution in [-0.2, 0) is 9.53 Å². The van der Waals surface area contributed by atoms with Gasteiger partial charge in [-0.3, -0.25) is 9.69 Å². The van der Waals surface area contributed by atoms with E-state index in [0.717, 1.165) is 43.6 Å². The number of hydrogen-bond acceptors (Lipinski definition) is 4. The van der Waals surface area contributed by atoms with E-state index in [1.165, 1.54) is 45.3 Å². The molecule has 3 saturated heterocycles. The number of carbonyl (C=O) groups excluding carboxylic acids is 1. The number of unbranched alkanes of at least 4 members (excludes halogenated alkanes) is 1. The number of hydrogen-bond donors (Lipinski definition) is 1. The predicted octanol–water partition coefficient (Wildman–Crippen LogP) is 2.96. The predicted molar refractivity (Wildman–Crippen MR) is 92.3 cm³/mol. The van der Waals surface area contributed by atoms with Crippen LogP contribution in [0.15, 0.2) is 0 Å². The highest BCUT2D eigenvalue weighted by Crippen LogP contribution is 2.39. The van der Waals surface area contributed by atoms with Crippen LogP contribution >= 0.6 is 0 Å². The average Bonchev–Trinajstić information content (AvgIpc) is 2.57. The molecule has 23 heavy (non-hydrogen) atoms. The van der Waals surface area contributed by atoms with Crippen LogP contribution in [0.1, 0.15) is 64.7 Å². The number of rotatable bonds is 7. The first-order valence-corrected chi connectivity index (χ1v) is 9.92. The van der Waals surface area contributed by atoms with Crippen molar-refractivity contribution in [3.05, 3.63) is 0 Å². The summed E-state index contributed by atoms with van der Waals surface area (Å²) >= 11 is 0. The Hall–Kier alpha value is -0.610. The Morgan fingerprint density at radius 1 is 1.22 bits per heavy atom. The van der Waals surface area contributed by atoms with Crippen molar-refractivity contribution in [3.63, 3.8) is 0 Å². The minimum absolute atomic E-state index is 0.00456. The van der Waals surface area contributed by atoms with Crippen LogP contribution in [-0.4, -0.2) is 49.2 Å². The van der Waals surface area contributed by atoms with Gasteiger partial charge in [-0.2, -0.15) is 0 Å². The highest BCUT2D eigenvalue weighted by Gasteiger charge is 2.45. The second kappa shape index (κ2) is 8.48. The van der Waals surface area contributed by atoms with Gasteiger partial charge >= 0.3 is 5.97 Å². The van der Waals surface area contributed by atoms with Gasteiger partial charge in [-0.05, 0) is 76.4 Å². The van der Waals surface area contributed by atoms with Gasteiger partial charge in [0.1, 0.15) is 0 Å². The third-order valence-electron chi connectivity index (χ3n) is 6.16. The van der Waals surface area contributed by atoms with Gasteiger partial charge in [-0.15, -0.1) is 0 Å². The summed E-state index contributed by atoms with van der Waals surface area (Å²) in [6.45, 7) is 6.53. The fourth-order valence-corrected chi connectivity index (χ4v) is 5.06. The topological polar surface area (TPSA) is 41.6 Å². The molecule has 0 amide bonds. The van der Waals surface area contributed by atoms with E-state index in [1.807, 2.05) is 0 Å². The Labute approximate surface area is 141 Å². The number of carbonyl (C=O) groups is 1. The molecule has 0 spiro atoms. The number of nitrogens with zero attached hydrogens (tertiary/aromatic N) is 1. The monoisotopic (exact) mass is 322 g/mol. The fourth-order valence-electron chi connectivity index (χ4n) is 5.06. The van der Waals surface area contributed by atoms with Gasteiger partial charge < -0.3 is 10.1 Å². The lowest BCUT2D eigenvalue weighted by atomic mass is 9.70. The second-order valence-corrected chi connectivity index (χ2v) is 7.72. The molecule has 4 nitrogen and oxygen atoms in total. The summed E-state index contributed by atoms with van der Waals surface area (Å²) in [7, 11) is 0. The fraction of sp³-hybridized carbons (Fsp3) is 0.947. The van der Waals surface area contributed by atoms with Crippen molar-refractivity contribution in [3.8, 4) is 0 Å². The maximum absolute atomic E-state index is 11.8. The third kappa shape index (κ3) is 4.27. The molecular weight excluding hydrogens is 288 g/mol. The Bertz CT molecular complexity index is 379. The van der Waals surface area contributed by atoms with E-state index in [2.05, 4.69) is 17.1 Å². The first-order chi connectivity index (χ1) is 11.3. The summed E-state index contributed by atoms with van der Waals surface area (Å²) in [6, 6.07) is 1.43. The standard InChI is InChI=1S/C19H34N2O2/c1-2-3-13-23-18(22)10-4-9-17-16-8-6-12-21-11-5-7-15(14-20-17)19(16)21/h15-17,19-20H,2-14H2,1H3/t15-,16-,17+,19+/m1/s1. The molecule has 0 saturated carbocycles. The molecule has 4 heteroatoms. The van der Waals surface area contributed by atoms with Crippen molar-refractivity contribution >= 4 is 5.97 Å². The van der Waals surface area contributed by atoms with Gasteiger partial charge in [-0.1, -0.05) is 13.3 Å². The Morgan fingerprint density at radius 2 is 2.04 bits per heavy atom. The normalized spacial score (nSPS) is 34.0. The maximum atomic E-state index is 11.8. The van der Waals surface area contributed by atoms with Gasteiger partial charge in [0, 0.05) is 18.5 Å². The van der Waals surface area contributed by atoms with Gasteiger partial charge in [0.2, 0.25) is 0 Å². The lowest BCUT2D eigenvalue weighted by molar-refractivity contribution is -0.143. The molecule has 3 heterocycles. The summed E-state index contributed by atoms with van der Waals surface area (Å²) in [5.74, 6) is 1.67. The van der Waals surface area contributed by atoms with Crippen LogP contribution < -0.4 is 5.32 Å². The second-order valence-electron chi connectivity index (χ2n) is 7.72. The van der Waals surface area contributed by atoms with Crippen LogP contribution in [0, 0.1) is 11.8 Å². The van der Waals surface area contributed by atoms with Gasteiger partial charge in [-0.25, -0.2) is 0 Å². The molecule has 4 atom stereocenters. The van der Waals surface area contributed by atoms with E-state index in [1.54, 1.807) is 0 Å². The molecule has 3 aliphatic rings. The first-order valence-electron chi connectivity index (χ1n) is 9.92. The molecule has 3 aliphatic heterocycles. The Morgan fingerprint density at radius 3 is 2.87 bits per heavy atom. The molecule has 132 valence electrons. The molecule has 0 aromatic carbocycles. The van der Waals surface area contributed by atoms with Crippen LogP contribution in [0.4, 0.5) is 0 Å². The van der Waals surface area contributed by atoms with E-state index in [9.17, 15) is 4.79 Å². The Balaban J connectivity index is 1.44. The highest BCUT2D eigenvalue weighted by molar-refractivity contribution is 5.69. The van der Waals surface area contributed by atoms with Gasteiger partial charge in [0.15, 0.2) is 0 Å². The van der Waals surface area contributed by atoms with Crippen LogP contribution in [0.3, 0.4) is 0 Å². The summed E-state index contributed by atoms with van der Waals surface area (Å²) in [5, 5.41) is 3.82. The smallest absolute Gasteiger partial charge is 0.305 e. The lowest BCUT2D eigenvalue weighted by Gasteiger charge is -2.54. The Kier molecular flexibility index (Phi) is 6.35. The van der Waals surface area contributed by atoms with E-state index >= 15 is 0 Å². The molecule has 0 unspecified atom stereocenters. The van der Waals surface area contributed by atoms with Gasteiger partial charge in [0.05, 0.1) is 6.61 Å². The van der Waals surface area contributed by atoms with Crippen molar-refractivity contribution in [2.45, 2.75) is 76.8 Å². The highest BCUT2D eigenvalue weighted by atomic mass is 16.5. The number of nitrogens with one attached hydrogen (secondary N) is 1. The van der Waals surface area contributed by atoms with Crippen LogP contribution in [0.5, 0.6) is 0 Å². The van der Waals surface area contributed by atoms with Crippen molar-refractivity contribution in [1.82, 2.24) is 10.2 Å². The molecule has 3 fully saturated rings. The molecule has 0 aliphatic carbocycles. The molecule has 0 aromatic rings. The van der Waals surface area contributed by atoms with Crippen molar-refractivity contribution < 1.29 is 9.53 Å². The summed E-state index contributed by atoms with van der Waals surface area (Å²) in [6.07, 6.45) is 10.3. The number of piperidine rings is 3. The summed E-state index contributed by atoms with van der Waals surface area (Å²) < 4.78 is 5.27. The van der Waals surface area contributed by atoms with Gasteiger partial charge in [0.25, 0.3) is 0 Å². The SMILES string of the molecule is CCCCOC(=O)CCC[C@@H]1NC[C@H]2CCCN3CCC[C@H]1[C@H]23. The average molecular weight is 322 g/mol. The van der Waals surface area contributed by atoms with E-state index < -0.39 is 0 Å². The molecular formula is C19H34N2O2. The zero-order valence-corrected chi connectivity index (χ0v) is 14.8. The zero-order chi connectivity index (χ0) is 16.1. The first kappa shape index (κ1) is 17.2. The van der Waals surface area contributed by atoms with Crippen LogP contribution in [0.25, 0.3) is 0 Å². The molecule has 1 N–H and O–H groups in total. The largest absolute Gasteiger partial charge is 0.466 e. The zero-order valence-electron chi connectivity index (χ0n) is 14.8. The quantitative estimate of drug-likeness (QED) is 0.578. The minimum atomic E-state index is -0.00456. The molecule has 3 rings (SSSR count). The van der Waals surface area contributed by atoms with Crippen molar-refractivity contribution in [2.24, 2.45) is 11.8 Å². The van der Waals surface area contributed by atoms with Crippen molar-refractivity contribution in [1.29, 1.82) is 0 Å². The third-order valence-corrected chi connectivity index (χ3v) is 6.16. The lowest BCUT2D eigenvalue weighted by Crippen LogP contribution is -2.63. The molecule has 0 radical (unpaired) electrons. The maximum Gasteiger partial charge on any atom is 0.305 e.